The number of halogens is 1. The van der Waals surface area contributed by atoms with E-state index in [2.05, 4.69) is 26.3 Å². The largest absolute Gasteiger partial charge is 0.452 e. The third kappa shape index (κ3) is 3.73. The van der Waals surface area contributed by atoms with Crippen molar-refractivity contribution >= 4 is 33.5 Å². The van der Waals surface area contributed by atoms with E-state index in [9.17, 15) is 9.59 Å². The standard InChI is InChI=1S/C15H16BrN3O3/c1-9-4-5-13(12(16)6-9)18-14(20)8-22-15(21)11-7-17-19(3)10(11)2/h4-7H,8H2,1-3H3,(H,18,20). The van der Waals surface area contributed by atoms with Crippen molar-refractivity contribution < 1.29 is 14.3 Å². The van der Waals surface area contributed by atoms with Crippen LogP contribution in [0, 0.1) is 13.8 Å². The molecule has 22 heavy (non-hydrogen) atoms. The maximum Gasteiger partial charge on any atom is 0.342 e. The number of hydrogen-bond acceptors (Lipinski definition) is 4. The SMILES string of the molecule is Cc1ccc(NC(=O)COC(=O)c2cnn(C)c2C)c(Br)c1. The fourth-order valence-electron chi connectivity index (χ4n) is 1.82. The molecule has 0 aliphatic carbocycles. The fraction of sp³-hybridized carbons (Fsp3) is 0.267. The number of hydrogen-bond donors (Lipinski definition) is 1. The minimum atomic E-state index is -0.566. The van der Waals surface area contributed by atoms with Crippen LogP contribution in [0.15, 0.2) is 28.9 Å². The Labute approximate surface area is 136 Å². The zero-order chi connectivity index (χ0) is 16.3. The average molecular weight is 366 g/mol. The quantitative estimate of drug-likeness (QED) is 0.845. The first-order chi connectivity index (χ1) is 10.4. The summed E-state index contributed by atoms with van der Waals surface area (Å²) in [5.74, 6) is -0.969. The van der Waals surface area contributed by atoms with Gasteiger partial charge in [0.05, 0.1) is 11.9 Å². The second kappa shape index (κ2) is 6.74. The van der Waals surface area contributed by atoms with Crippen molar-refractivity contribution in [3.63, 3.8) is 0 Å². The summed E-state index contributed by atoms with van der Waals surface area (Å²) in [5, 5.41) is 6.64. The van der Waals surface area contributed by atoms with Crippen molar-refractivity contribution in [1.29, 1.82) is 0 Å². The fourth-order valence-corrected chi connectivity index (χ4v) is 2.41. The molecule has 0 aliphatic heterocycles. The van der Waals surface area contributed by atoms with E-state index in [-0.39, 0.29) is 6.61 Å². The molecular formula is C15H16BrN3O3. The van der Waals surface area contributed by atoms with Crippen LogP contribution >= 0.6 is 15.9 Å². The molecule has 1 aromatic carbocycles. The number of benzene rings is 1. The van der Waals surface area contributed by atoms with Gasteiger partial charge in [0.2, 0.25) is 0 Å². The molecule has 0 fully saturated rings. The van der Waals surface area contributed by atoms with Gasteiger partial charge in [-0.05, 0) is 47.5 Å². The van der Waals surface area contributed by atoms with Gasteiger partial charge in [0, 0.05) is 17.2 Å². The van der Waals surface area contributed by atoms with Gasteiger partial charge >= 0.3 is 5.97 Å². The number of anilines is 1. The number of carbonyl (C=O) groups excluding carboxylic acids is 2. The highest BCUT2D eigenvalue weighted by Crippen LogP contribution is 2.23. The number of nitrogens with zero attached hydrogens (tertiary/aromatic N) is 2. The number of ether oxygens (including phenoxy) is 1. The molecule has 0 aliphatic rings. The number of rotatable bonds is 4. The Morgan fingerprint density at radius 2 is 2.09 bits per heavy atom. The molecule has 116 valence electrons. The van der Waals surface area contributed by atoms with Crippen LogP contribution in [0.2, 0.25) is 0 Å². The van der Waals surface area contributed by atoms with Crippen molar-refractivity contribution in [1.82, 2.24) is 9.78 Å². The highest BCUT2D eigenvalue weighted by molar-refractivity contribution is 9.10. The van der Waals surface area contributed by atoms with Crippen LogP contribution in [-0.4, -0.2) is 28.3 Å². The van der Waals surface area contributed by atoms with Crippen molar-refractivity contribution in [2.75, 3.05) is 11.9 Å². The van der Waals surface area contributed by atoms with Gasteiger partial charge in [0.25, 0.3) is 5.91 Å². The minimum absolute atomic E-state index is 0.354. The molecule has 0 unspecified atom stereocenters. The second-order valence-electron chi connectivity index (χ2n) is 4.87. The lowest BCUT2D eigenvalue weighted by atomic mass is 10.2. The van der Waals surface area contributed by atoms with Gasteiger partial charge < -0.3 is 10.1 Å². The lowest BCUT2D eigenvalue weighted by Gasteiger charge is -2.08. The van der Waals surface area contributed by atoms with Gasteiger partial charge in [0.15, 0.2) is 6.61 Å². The van der Waals surface area contributed by atoms with Gasteiger partial charge in [0.1, 0.15) is 5.56 Å². The summed E-state index contributed by atoms with van der Waals surface area (Å²) in [7, 11) is 1.73. The molecule has 0 atom stereocenters. The van der Waals surface area contributed by atoms with E-state index in [1.165, 1.54) is 6.20 Å². The summed E-state index contributed by atoms with van der Waals surface area (Å²) >= 11 is 3.37. The summed E-state index contributed by atoms with van der Waals surface area (Å²) < 4.78 is 7.34. The predicted octanol–water partition coefficient (Wildman–Crippen LogP) is 2.59. The van der Waals surface area contributed by atoms with Gasteiger partial charge in [-0.3, -0.25) is 9.48 Å². The van der Waals surface area contributed by atoms with Crippen molar-refractivity contribution in [2.24, 2.45) is 7.05 Å². The smallest absolute Gasteiger partial charge is 0.342 e. The Kier molecular flexibility index (Phi) is 4.97. The van der Waals surface area contributed by atoms with Crippen LogP contribution in [0.5, 0.6) is 0 Å². The van der Waals surface area contributed by atoms with Crippen molar-refractivity contribution in [2.45, 2.75) is 13.8 Å². The summed E-state index contributed by atoms with van der Waals surface area (Å²) in [5.41, 5.74) is 2.74. The van der Waals surface area contributed by atoms with E-state index >= 15 is 0 Å². The molecule has 0 saturated carbocycles. The molecule has 1 amide bonds. The molecule has 0 saturated heterocycles. The molecule has 0 radical (unpaired) electrons. The first kappa shape index (κ1) is 16.2. The van der Waals surface area contributed by atoms with Crippen LogP contribution in [0.3, 0.4) is 0 Å². The molecule has 0 bridgehead atoms. The molecule has 6 nitrogen and oxygen atoms in total. The van der Waals surface area contributed by atoms with E-state index in [0.29, 0.717) is 16.9 Å². The van der Waals surface area contributed by atoms with Crippen LogP contribution in [-0.2, 0) is 16.6 Å². The number of aromatic nitrogens is 2. The Hall–Kier alpha value is -2.15. The molecule has 0 spiro atoms. The highest BCUT2D eigenvalue weighted by atomic mass is 79.9. The Bertz CT molecular complexity index is 725. The van der Waals surface area contributed by atoms with Gasteiger partial charge in [-0.1, -0.05) is 6.07 Å². The number of amides is 1. The van der Waals surface area contributed by atoms with E-state index in [0.717, 1.165) is 10.0 Å². The number of esters is 1. The number of nitrogens with one attached hydrogen (secondary N) is 1. The Balaban J connectivity index is 1.93. The monoisotopic (exact) mass is 365 g/mol. The Morgan fingerprint density at radius 1 is 1.36 bits per heavy atom. The zero-order valence-corrected chi connectivity index (χ0v) is 14.1. The van der Waals surface area contributed by atoms with Gasteiger partial charge in [-0.15, -0.1) is 0 Å². The maximum absolute atomic E-state index is 11.9. The normalized spacial score (nSPS) is 10.4. The molecule has 2 rings (SSSR count). The van der Waals surface area contributed by atoms with Crippen LogP contribution < -0.4 is 5.32 Å². The average Bonchev–Trinajstić information content (AvgIpc) is 2.79. The summed E-state index contributed by atoms with van der Waals surface area (Å²) in [6.07, 6.45) is 1.42. The number of carbonyl (C=O) groups is 2. The Morgan fingerprint density at radius 3 is 2.68 bits per heavy atom. The van der Waals surface area contributed by atoms with E-state index < -0.39 is 11.9 Å². The predicted molar refractivity (Wildman–Crippen MR) is 85.7 cm³/mol. The molecule has 2 aromatic rings. The third-order valence-corrected chi connectivity index (χ3v) is 3.84. The van der Waals surface area contributed by atoms with Crippen molar-refractivity contribution in [3.05, 3.63) is 45.7 Å². The van der Waals surface area contributed by atoms with E-state index in [1.54, 1.807) is 24.7 Å². The van der Waals surface area contributed by atoms with Gasteiger partial charge in [-0.2, -0.15) is 5.10 Å². The molecule has 1 N–H and O–H groups in total. The highest BCUT2D eigenvalue weighted by Gasteiger charge is 2.16. The molecule has 7 heteroatoms. The summed E-state index contributed by atoms with van der Waals surface area (Å²) in [4.78, 5) is 23.7. The first-order valence-electron chi connectivity index (χ1n) is 6.60. The van der Waals surface area contributed by atoms with Gasteiger partial charge in [-0.25, -0.2) is 4.79 Å². The second-order valence-corrected chi connectivity index (χ2v) is 5.73. The third-order valence-electron chi connectivity index (χ3n) is 3.19. The lowest BCUT2D eigenvalue weighted by Crippen LogP contribution is -2.21. The summed E-state index contributed by atoms with van der Waals surface area (Å²) in [6, 6.07) is 5.55. The van der Waals surface area contributed by atoms with Crippen molar-refractivity contribution in [3.8, 4) is 0 Å². The van der Waals surface area contributed by atoms with E-state index in [1.807, 2.05) is 19.1 Å². The zero-order valence-electron chi connectivity index (χ0n) is 12.5. The van der Waals surface area contributed by atoms with Crippen LogP contribution in [0.4, 0.5) is 5.69 Å². The lowest BCUT2D eigenvalue weighted by molar-refractivity contribution is -0.119. The van der Waals surface area contributed by atoms with E-state index in [4.69, 9.17) is 4.74 Å². The number of aryl methyl sites for hydroxylation is 2. The molecule has 1 aromatic heterocycles. The van der Waals surface area contributed by atoms with Crippen LogP contribution in [0.25, 0.3) is 0 Å². The molecular weight excluding hydrogens is 350 g/mol. The molecule has 1 heterocycles. The maximum atomic E-state index is 11.9. The minimum Gasteiger partial charge on any atom is -0.452 e. The van der Waals surface area contributed by atoms with Crippen LogP contribution in [0.1, 0.15) is 21.6 Å². The topological polar surface area (TPSA) is 73.2 Å². The summed E-state index contributed by atoms with van der Waals surface area (Å²) in [6.45, 7) is 3.36. The first-order valence-corrected chi connectivity index (χ1v) is 7.39.